The van der Waals surface area contributed by atoms with Crippen LogP contribution in [-0.4, -0.2) is 8.42 Å². The largest absolute Gasteiger partial charge is 0.354 e. The minimum Gasteiger partial charge on any atom is -0.354 e. The van der Waals surface area contributed by atoms with Crippen molar-refractivity contribution in [1.29, 1.82) is 0 Å². The smallest absolute Gasteiger partial charge is 0.261 e. The summed E-state index contributed by atoms with van der Waals surface area (Å²) in [6, 6.07) is 26.5. The molecule has 0 aliphatic rings. The van der Waals surface area contributed by atoms with Crippen LogP contribution in [0.3, 0.4) is 0 Å². The first-order chi connectivity index (χ1) is 13.9. The Morgan fingerprint density at radius 1 is 0.655 bits per heavy atom. The fourth-order valence-corrected chi connectivity index (χ4v) is 4.27. The Kier molecular flexibility index (Phi) is 4.99. The van der Waals surface area contributed by atoms with E-state index in [2.05, 4.69) is 16.1 Å². The predicted molar refractivity (Wildman–Crippen MR) is 120 cm³/mol. The molecule has 4 aromatic carbocycles. The first kappa shape index (κ1) is 19.0. The van der Waals surface area contributed by atoms with E-state index in [1.165, 1.54) is 0 Å². The summed E-state index contributed by atoms with van der Waals surface area (Å²) >= 11 is 0. The minimum absolute atomic E-state index is 0.234. The lowest BCUT2D eigenvalue weighted by Crippen LogP contribution is -2.14. The maximum absolute atomic E-state index is 13.0. The van der Waals surface area contributed by atoms with Gasteiger partial charge in [-0.05, 0) is 61.0 Å². The van der Waals surface area contributed by atoms with Gasteiger partial charge in [0.2, 0.25) is 0 Å². The second-order valence-corrected chi connectivity index (χ2v) is 8.84. The first-order valence-electron chi connectivity index (χ1n) is 9.37. The Balaban J connectivity index is 1.79. The van der Waals surface area contributed by atoms with Crippen LogP contribution in [0, 0.1) is 13.8 Å². The molecule has 0 bridgehead atoms. The lowest BCUT2D eigenvalue weighted by Gasteiger charge is -2.16. The molecule has 0 spiro atoms. The summed E-state index contributed by atoms with van der Waals surface area (Å²) in [5.41, 5.74) is 4.25. The van der Waals surface area contributed by atoms with E-state index in [0.29, 0.717) is 11.4 Å². The maximum atomic E-state index is 13.0. The SMILES string of the molecule is Cc1ccc(S(=O)(=O)Nc2cc3ccc(C)cc3cc2Nc2ccccc2)cc1. The number of anilines is 3. The summed E-state index contributed by atoms with van der Waals surface area (Å²) in [4.78, 5) is 0.234. The molecule has 0 aromatic heterocycles. The summed E-state index contributed by atoms with van der Waals surface area (Å²) < 4.78 is 28.7. The topological polar surface area (TPSA) is 58.2 Å². The van der Waals surface area contributed by atoms with Crippen LogP contribution in [0.4, 0.5) is 17.1 Å². The quantitative estimate of drug-likeness (QED) is 0.430. The fourth-order valence-electron chi connectivity index (χ4n) is 3.20. The molecule has 29 heavy (non-hydrogen) atoms. The second kappa shape index (κ2) is 7.60. The lowest BCUT2D eigenvalue weighted by molar-refractivity contribution is 0.601. The van der Waals surface area contributed by atoms with E-state index < -0.39 is 10.0 Å². The molecule has 4 rings (SSSR count). The van der Waals surface area contributed by atoms with Crippen molar-refractivity contribution in [3.05, 3.63) is 96.1 Å². The van der Waals surface area contributed by atoms with Crippen LogP contribution < -0.4 is 10.0 Å². The molecular weight excluding hydrogens is 380 g/mol. The average Bonchev–Trinajstić information content (AvgIpc) is 2.69. The van der Waals surface area contributed by atoms with Gasteiger partial charge in [-0.3, -0.25) is 4.72 Å². The molecule has 0 atom stereocenters. The van der Waals surface area contributed by atoms with Crippen LogP contribution in [0.25, 0.3) is 10.8 Å². The van der Waals surface area contributed by atoms with Gasteiger partial charge in [0.25, 0.3) is 10.0 Å². The van der Waals surface area contributed by atoms with Crippen molar-refractivity contribution in [2.75, 3.05) is 10.0 Å². The highest BCUT2D eigenvalue weighted by atomic mass is 32.2. The number of benzene rings is 4. The Morgan fingerprint density at radius 3 is 2.03 bits per heavy atom. The highest BCUT2D eigenvalue weighted by Gasteiger charge is 2.17. The van der Waals surface area contributed by atoms with E-state index in [9.17, 15) is 8.42 Å². The van der Waals surface area contributed by atoms with Crippen LogP contribution >= 0.6 is 0 Å². The highest BCUT2D eigenvalue weighted by molar-refractivity contribution is 7.92. The van der Waals surface area contributed by atoms with Crippen molar-refractivity contribution < 1.29 is 8.42 Å². The van der Waals surface area contributed by atoms with Gasteiger partial charge in [-0.15, -0.1) is 0 Å². The number of hydrogen-bond donors (Lipinski definition) is 2. The van der Waals surface area contributed by atoms with Crippen molar-refractivity contribution in [2.45, 2.75) is 18.7 Å². The average molecular weight is 403 g/mol. The van der Waals surface area contributed by atoms with Crippen molar-refractivity contribution in [3.8, 4) is 0 Å². The number of hydrogen-bond acceptors (Lipinski definition) is 3. The molecule has 5 heteroatoms. The maximum Gasteiger partial charge on any atom is 0.261 e. The molecule has 0 unspecified atom stereocenters. The van der Waals surface area contributed by atoms with E-state index in [1.807, 2.05) is 68.4 Å². The number of fused-ring (bicyclic) bond motifs is 1. The zero-order valence-corrected chi connectivity index (χ0v) is 17.1. The Hall–Kier alpha value is -3.31. The standard InChI is InChI=1S/C24H22N2O2S/c1-17-9-12-22(13-10-17)29(27,28)26-24-15-19-11-8-18(2)14-20(19)16-23(24)25-21-6-4-3-5-7-21/h3-16,25-26H,1-2H3. The molecule has 0 fully saturated rings. The Labute approximate surface area is 171 Å². The predicted octanol–water partition coefficient (Wildman–Crippen LogP) is 6.00. The Bertz CT molecular complexity index is 1270. The molecular formula is C24H22N2O2S. The van der Waals surface area contributed by atoms with Gasteiger partial charge < -0.3 is 5.32 Å². The van der Waals surface area contributed by atoms with Gasteiger partial charge in [-0.2, -0.15) is 0 Å². The van der Waals surface area contributed by atoms with E-state index in [-0.39, 0.29) is 4.90 Å². The van der Waals surface area contributed by atoms with E-state index in [1.54, 1.807) is 24.3 Å². The Morgan fingerprint density at radius 2 is 1.31 bits per heavy atom. The van der Waals surface area contributed by atoms with Gasteiger partial charge in [0.15, 0.2) is 0 Å². The lowest BCUT2D eigenvalue weighted by atomic mass is 10.1. The summed E-state index contributed by atoms with van der Waals surface area (Å²) in [5, 5.41) is 5.35. The van der Waals surface area contributed by atoms with Crippen molar-refractivity contribution in [1.82, 2.24) is 0 Å². The van der Waals surface area contributed by atoms with Gasteiger partial charge in [-0.1, -0.05) is 59.7 Å². The number of nitrogens with one attached hydrogen (secondary N) is 2. The van der Waals surface area contributed by atoms with E-state index in [4.69, 9.17) is 0 Å². The number of aryl methyl sites for hydroxylation is 2. The van der Waals surface area contributed by atoms with Gasteiger partial charge in [0.05, 0.1) is 16.3 Å². The molecule has 0 heterocycles. The number of para-hydroxylation sites is 1. The van der Waals surface area contributed by atoms with Crippen molar-refractivity contribution >= 4 is 37.9 Å². The summed E-state index contributed by atoms with van der Waals surface area (Å²) in [6.45, 7) is 3.97. The van der Waals surface area contributed by atoms with Gasteiger partial charge in [0, 0.05) is 5.69 Å². The van der Waals surface area contributed by atoms with Crippen LogP contribution in [0.1, 0.15) is 11.1 Å². The zero-order chi connectivity index (χ0) is 20.4. The number of sulfonamides is 1. The van der Waals surface area contributed by atoms with Gasteiger partial charge in [0.1, 0.15) is 0 Å². The third kappa shape index (κ3) is 4.25. The van der Waals surface area contributed by atoms with Crippen LogP contribution in [0.2, 0.25) is 0 Å². The molecule has 0 amide bonds. The third-order valence-corrected chi connectivity index (χ3v) is 6.14. The molecule has 0 saturated heterocycles. The van der Waals surface area contributed by atoms with Crippen LogP contribution in [0.5, 0.6) is 0 Å². The monoisotopic (exact) mass is 402 g/mol. The molecule has 0 radical (unpaired) electrons. The summed E-state index contributed by atoms with van der Waals surface area (Å²) in [6.07, 6.45) is 0. The van der Waals surface area contributed by atoms with Crippen molar-refractivity contribution in [3.63, 3.8) is 0 Å². The summed E-state index contributed by atoms with van der Waals surface area (Å²) in [5.74, 6) is 0. The van der Waals surface area contributed by atoms with E-state index >= 15 is 0 Å². The molecule has 0 saturated carbocycles. The molecule has 146 valence electrons. The molecule has 0 aliphatic carbocycles. The molecule has 2 N–H and O–H groups in total. The van der Waals surface area contributed by atoms with Crippen LogP contribution in [0.15, 0.2) is 89.8 Å². The summed E-state index contributed by atoms with van der Waals surface area (Å²) in [7, 11) is -3.71. The van der Waals surface area contributed by atoms with Crippen molar-refractivity contribution in [2.24, 2.45) is 0 Å². The first-order valence-corrected chi connectivity index (χ1v) is 10.8. The van der Waals surface area contributed by atoms with Crippen LogP contribution in [-0.2, 0) is 10.0 Å². The fraction of sp³-hybridized carbons (Fsp3) is 0.0833. The normalized spacial score (nSPS) is 11.4. The molecule has 0 aliphatic heterocycles. The minimum atomic E-state index is -3.71. The van der Waals surface area contributed by atoms with Gasteiger partial charge >= 0.3 is 0 Å². The molecule has 4 aromatic rings. The number of rotatable bonds is 5. The van der Waals surface area contributed by atoms with Gasteiger partial charge in [-0.25, -0.2) is 8.42 Å². The molecule has 4 nitrogen and oxygen atoms in total. The second-order valence-electron chi connectivity index (χ2n) is 7.16. The third-order valence-electron chi connectivity index (χ3n) is 4.76. The highest BCUT2D eigenvalue weighted by Crippen LogP contribution is 2.33. The zero-order valence-electron chi connectivity index (χ0n) is 16.3. The van der Waals surface area contributed by atoms with E-state index in [0.717, 1.165) is 27.6 Å².